The Kier molecular flexibility index (Phi) is 4.37. The van der Waals surface area contributed by atoms with Gasteiger partial charge in [0.15, 0.2) is 0 Å². The summed E-state index contributed by atoms with van der Waals surface area (Å²) in [4.78, 5) is 2.50. The minimum atomic E-state index is -0.0135. The van der Waals surface area contributed by atoms with Crippen molar-refractivity contribution in [2.75, 3.05) is 26.2 Å². The quantitative estimate of drug-likeness (QED) is 0.911. The van der Waals surface area contributed by atoms with Gasteiger partial charge in [-0.3, -0.25) is 4.90 Å². The van der Waals surface area contributed by atoms with Crippen LogP contribution in [0.15, 0.2) is 18.2 Å². The summed E-state index contributed by atoms with van der Waals surface area (Å²) in [6.07, 6.45) is 5.12. The van der Waals surface area contributed by atoms with Crippen molar-refractivity contribution in [2.45, 2.75) is 38.6 Å². The van der Waals surface area contributed by atoms with E-state index in [0.717, 1.165) is 37.3 Å². The molecule has 1 aliphatic carbocycles. The lowest BCUT2D eigenvalue weighted by atomic mass is 9.89. The lowest BCUT2D eigenvalue weighted by molar-refractivity contribution is 0.122. The predicted molar refractivity (Wildman–Crippen MR) is 80.3 cm³/mol. The van der Waals surface area contributed by atoms with Crippen LogP contribution in [0.2, 0.25) is 0 Å². The molecule has 1 heterocycles. The van der Waals surface area contributed by atoms with E-state index in [1.807, 2.05) is 13.0 Å². The Morgan fingerprint density at radius 3 is 2.55 bits per heavy atom. The molecular formula is C17H25FN2. The van der Waals surface area contributed by atoms with Crippen LogP contribution < -0.4 is 5.32 Å². The van der Waals surface area contributed by atoms with E-state index in [9.17, 15) is 4.39 Å². The van der Waals surface area contributed by atoms with Gasteiger partial charge in [0.1, 0.15) is 5.82 Å². The highest BCUT2D eigenvalue weighted by Crippen LogP contribution is 2.40. The lowest BCUT2D eigenvalue weighted by Gasteiger charge is -2.38. The highest BCUT2D eigenvalue weighted by Gasteiger charge is 2.33. The van der Waals surface area contributed by atoms with E-state index in [1.165, 1.54) is 25.7 Å². The molecule has 1 aromatic carbocycles. The molecule has 1 aromatic rings. The Bertz CT molecular complexity index is 448. The van der Waals surface area contributed by atoms with Crippen molar-refractivity contribution in [3.8, 4) is 0 Å². The van der Waals surface area contributed by atoms with Crippen LogP contribution in [0.25, 0.3) is 0 Å². The van der Waals surface area contributed by atoms with Crippen molar-refractivity contribution >= 4 is 0 Å². The van der Waals surface area contributed by atoms with Crippen LogP contribution in [0.5, 0.6) is 0 Å². The first-order valence-electron chi connectivity index (χ1n) is 7.96. The number of nitrogens with zero attached hydrogens (tertiary/aromatic N) is 1. The molecule has 1 atom stereocenters. The van der Waals surface area contributed by atoms with Crippen molar-refractivity contribution in [2.24, 2.45) is 5.92 Å². The van der Waals surface area contributed by atoms with Crippen LogP contribution in [0.1, 0.15) is 42.9 Å². The average Bonchev–Trinajstić information content (AvgIpc) is 2.97. The number of benzene rings is 1. The Hall–Kier alpha value is -0.930. The van der Waals surface area contributed by atoms with Crippen LogP contribution in [0.4, 0.5) is 4.39 Å². The molecule has 0 unspecified atom stereocenters. The van der Waals surface area contributed by atoms with Crippen molar-refractivity contribution in [3.63, 3.8) is 0 Å². The smallest absolute Gasteiger partial charge is 0.128 e. The fraction of sp³-hybridized carbons (Fsp3) is 0.647. The topological polar surface area (TPSA) is 15.3 Å². The molecule has 0 amide bonds. The van der Waals surface area contributed by atoms with Crippen molar-refractivity contribution in [1.29, 1.82) is 0 Å². The number of nitrogens with one attached hydrogen (secondary N) is 1. The monoisotopic (exact) mass is 276 g/mol. The third kappa shape index (κ3) is 2.89. The molecule has 0 bridgehead atoms. The van der Waals surface area contributed by atoms with Gasteiger partial charge in [-0.15, -0.1) is 0 Å². The van der Waals surface area contributed by atoms with Crippen LogP contribution in [0, 0.1) is 18.7 Å². The number of aryl methyl sites for hydroxylation is 1. The SMILES string of the molecule is Cc1ccc([C@H](C2CCCC2)N2CCNCC2)c(F)c1. The molecule has 1 aliphatic heterocycles. The Balaban J connectivity index is 1.90. The lowest BCUT2D eigenvalue weighted by Crippen LogP contribution is -2.46. The first kappa shape index (κ1) is 14.0. The number of rotatable bonds is 3. The molecule has 3 rings (SSSR count). The Morgan fingerprint density at radius 2 is 1.90 bits per heavy atom. The molecule has 2 fully saturated rings. The molecule has 110 valence electrons. The third-order valence-corrected chi connectivity index (χ3v) is 4.87. The molecule has 1 saturated carbocycles. The fourth-order valence-corrected chi connectivity index (χ4v) is 3.85. The number of halogens is 1. The summed E-state index contributed by atoms with van der Waals surface area (Å²) in [5, 5.41) is 3.40. The average molecular weight is 276 g/mol. The standard InChI is InChI=1S/C17H25FN2/c1-13-6-7-15(16(18)12-13)17(14-4-2-3-5-14)20-10-8-19-9-11-20/h6-7,12,14,17,19H,2-5,8-11H2,1H3/t17-/m0/s1. The predicted octanol–water partition coefficient (Wildman–Crippen LogP) is 3.27. The zero-order valence-corrected chi connectivity index (χ0v) is 12.4. The van der Waals surface area contributed by atoms with Gasteiger partial charge in [-0.1, -0.05) is 25.0 Å². The van der Waals surface area contributed by atoms with Gasteiger partial charge in [0.05, 0.1) is 0 Å². The molecule has 20 heavy (non-hydrogen) atoms. The van der Waals surface area contributed by atoms with E-state index in [-0.39, 0.29) is 11.9 Å². The summed E-state index contributed by atoms with van der Waals surface area (Å²) in [5.41, 5.74) is 1.93. The van der Waals surface area contributed by atoms with Gasteiger partial charge in [0.2, 0.25) is 0 Å². The highest BCUT2D eigenvalue weighted by atomic mass is 19.1. The van der Waals surface area contributed by atoms with Crippen molar-refractivity contribution < 1.29 is 4.39 Å². The minimum Gasteiger partial charge on any atom is -0.314 e. The summed E-state index contributed by atoms with van der Waals surface area (Å²) in [6.45, 7) is 6.08. The summed E-state index contributed by atoms with van der Waals surface area (Å²) >= 11 is 0. The molecule has 2 nitrogen and oxygen atoms in total. The zero-order chi connectivity index (χ0) is 13.9. The van der Waals surface area contributed by atoms with Crippen LogP contribution >= 0.6 is 0 Å². The zero-order valence-electron chi connectivity index (χ0n) is 12.4. The number of hydrogen-bond donors (Lipinski definition) is 1. The van der Waals surface area contributed by atoms with E-state index in [4.69, 9.17) is 0 Å². The molecule has 0 spiro atoms. The fourth-order valence-electron chi connectivity index (χ4n) is 3.85. The van der Waals surface area contributed by atoms with Crippen molar-refractivity contribution in [3.05, 3.63) is 35.1 Å². The van der Waals surface area contributed by atoms with E-state index < -0.39 is 0 Å². The van der Waals surface area contributed by atoms with Gasteiger partial charge in [-0.2, -0.15) is 0 Å². The maximum absolute atomic E-state index is 14.5. The van der Waals surface area contributed by atoms with Crippen LogP contribution in [-0.4, -0.2) is 31.1 Å². The van der Waals surface area contributed by atoms with E-state index >= 15 is 0 Å². The maximum atomic E-state index is 14.5. The number of hydrogen-bond acceptors (Lipinski definition) is 2. The van der Waals surface area contributed by atoms with Gasteiger partial charge >= 0.3 is 0 Å². The first-order valence-corrected chi connectivity index (χ1v) is 7.96. The molecule has 2 aliphatic rings. The number of piperazine rings is 1. The van der Waals surface area contributed by atoms with Crippen molar-refractivity contribution in [1.82, 2.24) is 10.2 Å². The highest BCUT2D eigenvalue weighted by molar-refractivity contribution is 5.27. The summed E-state index contributed by atoms with van der Waals surface area (Å²) in [5.74, 6) is 0.616. The van der Waals surface area contributed by atoms with Gasteiger partial charge in [0, 0.05) is 37.8 Å². The molecule has 1 N–H and O–H groups in total. The summed E-state index contributed by atoms with van der Waals surface area (Å²) < 4.78 is 14.5. The summed E-state index contributed by atoms with van der Waals surface area (Å²) in [6, 6.07) is 6.05. The van der Waals surface area contributed by atoms with E-state index in [1.54, 1.807) is 6.07 Å². The normalized spacial score (nSPS) is 23.1. The molecule has 1 saturated heterocycles. The van der Waals surface area contributed by atoms with Gasteiger partial charge < -0.3 is 5.32 Å². The van der Waals surface area contributed by atoms with E-state index in [0.29, 0.717) is 5.92 Å². The van der Waals surface area contributed by atoms with Gasteiger partial charge in [-0.25, -0.2) is 4.39 Å². The Morgan fingerprint density at radius 1 is 1.20 bits per heavy atom. The second-order valence-electron chi connectivity index (χ2n) is 6.30. The van der Waals surface area contributed by atoms with Gasteiger partial charge in [-0.05, 0) is 37.3 Å². The maximum Gasteiger partial charge on any atom is 0.128 e. The summed E-state index contributed by atoms with van der Waals surface area (Å²) in [7, 11) is 0. The molecule has 3 heteroatoms. The molecule has 0 aromatic heterocycles. The van der Waals surface area contributed by atoms with Gasteiger partial charge in [0.25, 0.3) is 0 Å². The molecular weight excluding hydrogens is 251 g/mol. The Labute approximate surface area is 121 Å². The molecule has 0 radical (unpaired) electrons. The van der Waals surface area contributed by atoms with E-state index in [2.05, 4.69) is 16.3 Å². The first-order chi connectivity index (χ1) is 9.75. The second-order valence-corrected chi connectivity index (χ2v) is 6.30. The second kappa shape index (κ2) is 6.23. The minimum absolute atomic E-state index is 0.0135. The third-order valence-electron chi connectivity index (χ3n) is 4.87. The van der Waals surface area contributed by atoms with Crippen LogP contribution in [-0.2, 0) is 0 Å². The largest absolute Gasteiger partial charge is 0.314 e. The van der Waals surface area contributed by atoms with Crippen LogP contribution in [0.3, 0.4) is 0 Å².